The molecule has 0 spiro atoms. The van der Waals surface area contributed by atoms with Crippen molar-refractivity contribution in [2.45, 2.75) is 53.1 Å². The third-order valence-electron chi connectivity index (χ3n) is 3.48. The van der Waals surface area contributed by atoms with E-state index in [4.69, 9.17) is 0 Å². The predicted molar refractivity (Wildman–Crippen MR) is 52.0 cm³/mol. The van der Waals surface area contributed by atoms with Gasteiger partial charge in [0.25, 0.3) is 0 Å². The number of hydrogen-bond donors (Lipinski definition) is 1. The van der Waals surface area contributed by atoms with Crippen LogP contribution in [0.5, 0.6) is 0 Å². The van der Waals surface area contributed by atoms with Gasteiger partial charge in [-0.2, -0.15) is 0 Å². The van der Waals surface area contributed by atoms with E-state index < -0.39 is 0 Å². The van der Waals surface area contributed by atoms with E-state index in [1.165, 1.54) is 12.8 Å². The van der Waals surface area contributed by atoms with Crippen molar-refractivity contribution >= 4 is 0 Å². The van der Waals surface area contributed by atoms with Gasteiger partial charge in [-0.1, -0.05) is 27.2 Å². The molecule has 0 aromatic heterocycles. The Bertz CT molecular complexity index is 149. The van der Waals surface area contributed by atoms with E-state index in [0.717, 1.165) is 18.3 Å². The molecule has 3 atom stereocenters. The first-order chi connectivity index (χ1) is 5.50. The normalized spacial score (nSPS) is 34.8. The molecule has 0 radical (unpaired) electrons. The molecule has 1 aliphatic carbocycles. The fourth-order valence-corrected chi connectivity index (χ4v) is 2.58. The topological polar surface area (TPSA) is 20.2 Å². The molecule has 72 valence electrons. The lowest BCUT2D eigenvalue weighted by molar-refractivity contribution is 0.170. The predicted octanol–water partition coefficient (Wildman–Crippen LogP) is 2.83. The van der Waals surface area contributed by atoms with Crippen molar-refractivity contribution in [2.24, 2.45) is 17.3 Å². The minimum Gasteiger partial charge on any atom is -0.393 e. The molecular weight excluding hydrogens is 148 g/mol. The molecule has 0 amide bonds. The van der Waals surface area contributed by atoms with Gasteiger partial charge in [-0.3, -0.25) is 0 Å². The van der Waals surface area contributed by atoms with Gasteiger partial charge < -0.3 is 5.11 Å². The minimum absolute atomic E-state index is 0.115. The first kappa shape index (κ1) is 10.0. The maximum Gasteiger partial charge on any atom is 0.0515 e. The molecule has 0 bridgehead atoms. The van der Waals surface area contributed by atoms with Crippen molar-refractivity contribution in [3.8, 4) is 0 Å². The second-order valence-corrected chi connectivity index (χ2v) is 4.91. The molecule has 1 aliphatic rings. The molecule has 1 N–H and O–H groups in total. The van der Waals surface area contributed by atoms with E-state index in [1.54, 1.807) is 0 Å². The molecular formula is C11H22O. The Kier molecular flexibility index (Phi) is 2.82. The van der Waals surface area contributed by atoms with Crippen molar-refractivity contribution in [3.05, 3.63) is 0 Å². The number of hydrogen-bond acceptors (Lipinski definition) is 1. The number of rotatable bonds is 4. The van der Waals surface area contributed by atoms with E-state index in [9.17, 15) is 5.11 Å². The summed E-state index contributed by atoms with van der Waals surface area (Å²) in [7, 11) is 0. The highest BCUT2D eigenvalue weighted by Gasteiger charge is 2.56. The molecule has 0 unspecified atom stereocenters. The van der Waals surface area contributed by atoms with Crippen molar-refractivity contribution in [1.29, 1.82) is 0 Å². The van der Waals surface area contributed by atoms with Crippen LogP contribution in [-0.4, -0.2) is 11.2 Å². The van der Waals surface area contributed by atoms with Crippen LogP contribution in [0.4, 0.5) is 0 Å². The van der Waals surface area contributed by atoms with E-state index in [1.807, 2.05) is 6.92 Å². The molecule has 1 rings (SSSR count). The average molecular weight is 170 g/mol. The van der Waals surface area contributed by atoms with Crippen LogP contribution in [0.3, 0.4) is 0 Å². The van der Waals surface area contributed by atoms with Crippen LogP contribution >= 0.6 is 0 Å². The summed E-state index contributed by atoms with van der Waals surface area (Å²) >= 11 is 0. The summed E-state index contributed by atoms with van der Waals surface area (Å²) in [6.07, 6.45) is 3.50. The van der Waals surface area contributed by atoms with Gasteiger partial charge in [0, 0.05) is 0 Å². The average Bonchev–Trinajstić information content (AvgIpc) is 2.39. The van der Waals surface area contributed by atoms with Crippen LogP contribution in [0, 0.1) is 17.3 Å². The molecule has 0 saturated heterocycles. The first-order valence-corrected chi connectivity index (χ1v) is 5.18. The van der Waals surface area contributed by atoms with E-state index in [2.05, 4.69) is 20.8 Å². The molecule has 0 aromatic carbocycles. The van der Waals surface area contributed by atoms with Crippen LogP contribution in [-0.2, 0) is 0 Å². The third-order valence-corrected chi connectivity index (χ3v) is 3.48. The Morgan fingerprint density at radius 3 is 2.33 bits per heavy atom. The van der Waals surface area contributed by atoms with Crippen LogP contribution in [0.1, 0.15) is 47.0 Å². The van der Waals surface area contributed by atoms with Gasteiger partial charge in [-0.05, 0) is 37.0 Å². The summed E-state index contributed by atoms with van der Waals surface area (Å²) in [6, 6.07) is 0. The molecule has 1 nitrogen and oxygen atoms in total. The maximum atomic E-state index is 9.28. The summed E-state index contributed by atoms with van der Waals surface area (Å²) in [4.78, 5) is 0. The zero-order valence-electron chi connectivity index (χ0n) is 8.80. The standard InChI is InChI=1S/C11H22O/c1-5-6-9-10(7-8(2)12)11(9,3)4/h8-10,12H,5-7H2,1-4H3/t8-,9-,10+/m0/s1. The molecule has 0 heterocycles. The highest BCUT2D eigenvalue weighted by molar-refractivity contribution is 5.04. The summed E-state index contributed by atoms with van der Waals surface area (Å²) in [6.45, 7) is 8.81. The second kappa shape index (κ2) is 3.37. The van der Waals surface area contributed by atoms with Gasteiger partial charge in [0.05, 0.1) is 6.10 Å². The maximum absolute atomic E-state index is 9.28. The summed E-state index contributed by atoms with van der Waals surface area (Å²) < 4.78 is 0. The quantitative estimate of drug-likeness (QED) is 0.688. The highest BCUT2D eigenvalue weighted by Crippen LogP contribution is 2.62. The van der Waals surface area contributed by atoms with Crippen molar-refractivity contribution < 1.29 is 5.11 Å². The van der Waals surface area contributed by atoms with Gasteiger partial charge in [0.15, 0.2) is 0 Å². The van der Waals surface area contributed by atoms with Crippen molar-refractivity contribution in [3.63, 3.8) is 0 Å². The second-order valence-electron chi connectivity index (χ2n) is 4.91. The monoisotopic (exact) mass is 170 g/mol. The van der Waals surface area contributed by atoms with Crippen LogP contribution in [0.15, 0.2) is 0 Å². The Labute approximate surface area is 76.2 Å². The number of aliphatic hydroxyl groups is 1. The lowest BCUT2D eigenvalue weighted by Gasteiger charge is -2.04. The lowest BCUT2D eigenvalue weighted by atomic mass is 10.1. The Morgan fingerprint density at radius 1 is 1.33 bits per heavy atom. The summed E-state index contributed by atoms with van der Waals surface area (Å²) in [5.41, 5.74) is 0.507. The summed E-state index contributed by atoms with van der Waals surface area (Å²) in [5, 5.41) is 9.28. The zero-order chi connectivity index (χ0) is 9.35. The lowest BCUT2D eigenvalue weighted by Crippen LogP contribution is -2.03. The Hall–Kier alpha value is -0.0400. The molecule has 0 aromatic rings. The van der Waals surface area contributed by atoms with Gasteiger partial charge >= 0.3 is 0 Å². The molecule has 0 aliphatic heterocycles. The van der Waals surface area contributed by atoms with Gasteiger partial charge in [-0.25, -0.2) is 0 Å². The molecule has 1 saturated carbocycles. The van der Waals surface area contributed by atoms with Gasteiger partial charge in [0.1, 0.15) is 0 Å². The van der Waals surface area contributed by atoms with Crippen LogP contribution in [0.2, 0.25) is 0 Å². The third kappa shape index (κ3) is 1.82. The van der Waals surface area contributed by atoms with Crippen LogP contribution < -0.4 is 0 Å². The van der Waals surface area contributed by atoms with Gasteiger partial charge in [0.2, 0.25) is 0 Å². The molecule has 1 heteroatoms. The first-order valence-electron chi connectivity index (χ1n) is 5.18. The Balaban J connectivity index is 2.37. The fourth-order valence-electron chi connectivity index (χ4n) is 2.58. The van der Waals surface area contributed by atoms with E-state index >= 15 is 0 Å². The smallest absolute Gasteiger partial charge is 0.0515 e. The molecule has 1 fully saturated rings. The van der Waals surface area contributed by atoms with E-state index in [-0.39, 0.29) is 6.10 Å². The Morgan fingerprint density at radius 2 is 1.92 bits per heavy atom. The highest BCUT2D eigenvalue weighted by atomic mass is 16.3. The van der Waals surface area contributed by atoms with E-state index in [0.29, 0.717) is 5.41 Å². The van der Waals surface area contributed by atoms with Crippen LogP contribution in [0.25, 0.3) is 0 Å². The van der Waals surface area contributed by atoms with Crippen molar-refractivity contribution in [1.82, 2.24) is 0 Å². The fraction of sp³-hybridized carbons (Fsp3) is 1.00. The zero-order valence-corrected chi connectivity index (χ0v) is 8.80. The minimum atomic E-state index is -0.115. The summed E-state index contributed by atoms with van der Waals surface area (Å²) in [5.74, 6) is 1.65. The van der Waals surface area contributed by atoms with Crippen molar-refractivity contribution in [2.75, 3.05) is 0 Å². The number of aliphatic hydroxyl groups excluding tert-OH is 1. The largest absolute Gasteiger partial charge is 0.393 e. The molecule has 12 heavy (non-hydrogen) atoms. The van der Waals surface area contributed by atoms with Gasteiger partial charge in [-0.15, -0.1) is 0 Å². The SMILES string of the molecule is CCC[C@H]1[C@@H](C[C@H](C)O)C1(C)C.